The molecule has 0 aliphatic carbocycles. The molecular weight excluding hydrogens is 336 g/mol. The van der Waals surface area contributed by atoms with Gasteiger partial charge >= 0.3 is 30.2 Å². The van der Waals surface area contributed by atoms with Crippen molar-refractivity contribution in [1.29, 1.82) is 0 Å². The average molecular weight is 342 g/mol. The van der Waals surface area contributed by atoms with Gasteiger partial charge in [0, 0.05) is 21.6 Å². The Hall–Kier alpha value is -0.540. The molecule has 2 unspecified atom stereocenters. The third-order valence-corrected chi connectivity index (χ3v) is 5.94. The standard InChI is InChI=1S/C4H6O10S4/c5-3(6)1(15-17(9,10)11)2(4(7)8)16-18(12,13)14/h1-2H,(H,5,6)(H,7,8)(H,9,10,11)(H,12,13,14). The van der Waals surface area contributed by atoms with Gasteiger partial charge in [-0.3, -0.25) is 18.7 Å². The number of hydrogen-bond acceptors (Lipinski definition) is 8. The molecule has 0 aromatic carbocycles. The van der Waals surface area contributed by atoms with Gasteiger partial charge in [0.1, 0.15) is 10.5 Å². The van der Waals surface area contributed by atoms with E-state index in [0.717, 1.165) is 0 Å². The Kier molecular flexibility index (Phi) is 5.89. The molecule has 0 saturated carbocycles. The Balaban J connectivity index is 5.39. The second-order valence-corrected chi connectivity index (χ2v) is 9.36. The van der Waals surface area contributed by atoms with Crippen LogP contribution in [0.3, 0.4) is 0 Å². The highest BCUT2D eigenvalue weighted by Gasteiger charge is 2.41. The zero-order chi connectivity index (χ0) is 14.7. The van der Waals surface area contributed by atoms with Crippen LogP contribution in [0, 0.1) is 0 Å². The van der Waals surface area contributed by atoms with E-state index in [2.05, 4.69) is 0 Å². The second kappa shape index (κ2) is 6.07. The summed E-state index contributed by atoms with van der Waals surface area (Å²) in [7, 11) is -11.2. The first-order valence-corrected chi connectivity index (χ1v) is 9.28. The van der Waals surface area contributed by atoms with Crippen LogP contribution in [-0.4, -0.2) is 58.6 Å². The number of hydrogen-bond donors (Lipinski definition) is 4. The van der Waals surface area contributed by atoms with E-state index in [-0.39, 0.29) is 0 Å². The van der Waals surface area contributed by atoms with E-state index in [1.165, 1.54) is 0 Å². The summed E-state index contributed by atoms with van der Waals surface area (Å²) >= 11 is 0. The molecule has 0 aromatic rings. The zero-order valence-corrected chi connectivity index (χ0v) is 11.3. The number of aliphatic carboxylic acids is 2. The summed E-state index contributed by atoms with van der Waals surface area (Å²) in [5.41, 5.74) is 0. The predicted octanol–water partition coefficient (Wildman–Crippen LogP) is -1.04. The van der Waals surface area contributed by atoms with Gasteiger partial charge in [0.15, 0.2) is 0 Å². The summed E-state index contributed by atoms with van der Waals surface area (Å²) in [5.74, 6) is -3.97. The average Bonchev–Trinajstić information content (AvgIpc) is 2.06. The smallest absolute Gasteiger partial charge is 0.320 e. The van der Waals surface area contributed by atoms with Gasteiger partial charge in [0.05, 0.1) is 0 Å². The first-order chi connectivity index (χ1) is 7.83. The Morgan fingerprint density at radius 1 is 0.778 bits per heavy atom. The van der Waals surface area contributed by atoms with E-state index < -0.39 is 62.3 Å². The van der Waals surface area contributed by atoms with Crippen molar-refractivity contribution in [2.24, 2.45) is 0 Å². The highest BCUT2D eigenvalue weighted by atomic mass is 33.2. The molecule has 106 valence electrons. The maximum atomic E-state index is 10.7. The largest absolute Gasteiger partial charge is 0.480 e. The summed E-state index contributed by atoms with van der Waals surface area (Å²) in [5, 5.41) is 12.5. The first kappa shape index (κ1) is 17.5. The minimum Gasteiger partial charge on any atom is -0.480 e. The quantitative estimate of drug-likeness (QED) is 0.326. The topological polar surface area (TPSA) is 183 Å². The van der Waals surface area contributed by atoms with Crippen LogP contribution in [0.2, 0.25) is 0 Å². The molecule has 0 heterocycles. The van der Waals surface area contributed by atoms with Gasteiger partial charge in [0.2, 0.25) is 0 Å². The highest BCUT2D eigenvalue weighted by Crippen LogP contribution is 2.31. The van der Waals surface area contributed by atoms with Gasteiger partial charge < -0.3 is 10.2 Å². The number of carboxylic acids is 2. The molecule has 0 radical (unpaired) electrons. The van der Waals surface area contributed by atoms with Crippen molar-refractivity contribution in [2.45, 2.75) is 10.5 Å². The van der Waals surface area contributed by atoms with Gasteiger partial charge in [-0.15, -0.1) is 0 Å². The molecule has 18 heavy (non-hydrogen) atoms. The molecule has 0 aromatic heterocycles. The molecule has 14 heteroatoms. The summed E-state index contributed by atoms with van der Waals surface area (Å²) in [6, 6.07) is 0. The van der Waals surface area contributed by atoms with Crippen molar-refractivity contribution >= 4 is 51.8 Å². The van der Waals surface area contributed by atoms with Gasteiger partial charge in [-0.2, -0.15) is 16.8 Å². The van der Waals surface area contributed by atoms with Crippen LogP contribution in [0.5, 0.6) is 0 Å². The van der Waals surface area contributed by atoms with Gasteiger partial charge in [0.25, 0.3) is 0 Å². The first-order valence-electron chi connectivity index (χ1n) is 3.60. The van der Waals surface area contributed by atoms with Crippen LogP contribution in [0.15, 0.2) is 0 Å². The summed E-state index contributed by atoms with van der Waals surface area (Å²) in [4.78, 5) is 21.3. The van der Waals surface area contributed by atoms with Crippen LogP contribution in [0.25, 0.3) is 0 Å². The minimum absolute atomic E-state index is 0.662. The number of rotatable bonds is 7. The SMILES string of the molecule is O=C(O)C(SS(=O)(=O)O)C(SS(=O)(=O)O)C(=O)O. The lowest BCUT2D eigenvalue weighted by atomic mass is 10.3. The molecule has 0 amide bonds. The van der Waals surface area contributed by atoms with Crippen LogP contribution in [0.1, 0.15) is 0 Å². The maximum Gasteiger partial charge on any atom is 0.320 e. The van der Waals surface area contributed by atoms with Crippen LogP contribution < -0.4 is 0 Å². The molecule has 0 rings (SSSR count). The molecule has 4 N–H and O–H groups in total. The molecule has 0 bridgehead atoms. The second-order valence-electron chi connectivity index (χ2n) is 2.57. The van der Waals surface area contributed by atoms with Crippen LogP contribution >= 0.6 is 21.6 Å². The zero-order valence-electron chi connectivity index (χ0n) is 8.03. The molecule has 10 nitrogen and oxygen atoms in total. The Bertz CT molecular complexity index is 480. The third-order valence-electron chi connectivity index (χ3n) is 1.21. The summed E-state index contributed by atoms with van der Waals surface area (Å²) in [6.07, 6.45) is 0. The fraction of sp³-hybridized carbons (Fsp3) is 0.500. The van der Waals surface area contributed by atoms with Gasteiger partial charge in [-0.05, 0) is 0 Å². The molecule has 0 aliphatic rings. The summed E-state index contributed by atoms with van der Waals surface area (Å²) < 4.78 is 58.8. The van der Waals surface area contributed by atoms with Crippen molar-refractivity contribution in [3.8, 4) is 0 Å². The molecule has 0 fully saturated rings. The van der Waals surface area contributed by atoms with Gasteiger partial charge in [-0.25, -0.2) is 0 Å². The monoisotopic (exact) mass is 342 g/mol. The van der Waals surface area contributed by atoms with E-state index in [4.69, 9.17) is 19.3 Å². The number of carbonyl (C=O) groups is 2. The van der Waals surface area contributed by atoms with Gasteiger partial charge in [-0.1, -0.05) is 0 Å². The molecular formula is C4H6O10S4. The van der Waals surface area contributed by atoms with Crippen molar-refractivity contribution in [3.05, 3.63) is 0 Å². The van der Waals surface area contributed by atoms with Crippen LogP contribution in [-0.2, 0) is 27.9 Å². The fourth-order valence-corrected chi connectivity index (χ4v) is 5.32. The van der Waals surface area contributed by atoms with Crippen molar-refractivity contribution in [3.63, 3.8) is 0 Å². The van der Waals surface area contributed by atoms with Crippen molar-refractivity contribution < 1.29 is 45.7 Å². The lowest BCUT2D eigenvalue weighted by molar-refractivity contribution is -0.142. The predicted molar refractivity (Wildman–Crippen MR) is 61.1 cm³/mol. The molecule has 2 atom stereocenters. The third kappa shape index (κ3) is 7.02. The Labute approximate surface area is 108 Å². The highest BCUT2D eigenvalue weighted by molar-refractivity contribution is 8.72. The fourth-order valence-electron chi connectivity index (χ4n) is 0.704. The normalized spacial score (nSPS) is 15.9. The molecule has 0 spiro atoms. The maximum absolute atomic E-state index is 10.7. The Morgan fingerprint density at radius 2 is 1.00 bits per heavy atom. The molecule has 0 aliphatic heterocycles. The lowest BCUT2D eigenvalue weighted by Crippen LogP contribution is -2.36. The van der Waals surface area contributed by atoms with E-state index >= 15 is 0 Å². The molecule has 0 saturated heterocycles. The number of carboxylic acid groups (broad SMARTS) is 2. The van der Waals surface area contributed by atoms with E-state index in [1.54, 1.807) is 0 Å². The minimum atomic E-state index is -4.92. The van der Waals surface area contributed by atoms with E-state index in [9.17, 15) is 26.4 Å². The van der Waals surface area contributed by atoms with Crippen molar-refractivity contribution in [2.75, 3.05) is 0 Å². The van der Waals surface area contributed by atoms with E-state index in [1.807, 2.05) is 0 Å². The van der Waals surface area contributed by atoms with E-state index in [0.29, 0.717) is 0 Å². The summed E-state index contributed by atoms with van der Waals surface area (Å²) in [6.45, 7) is 0. The Morgan fingerprint density at radius 3 is 1.11 bits per heavy atom. The van der Waals surface area contributed by atoms with Crippen LogP contribution in [0.4, 0.5) is 0 Å². The van der Waals surface area contributed by atoms with Crippen molar-refractivity contribution in [1.82, 2.24) is 0 Å². The lowest BCUT2D eigenvalue weighted by Gasteiger charge is -2.15.